The van der Waals surface area contributed by atoms with Crippen LogP contribution in [0, 0.1) is 17.1 Å². The lowest BCUT2D eigenvalue weighted by molar-refractivity contribution is 0.103. The number of aryl methyl sites for hydroxylation is 1. The van der Waals surface area contributed by atoms with Crippen LogP contribution in [0.15, 0.2) is 48.2 Å². The third-order valence-electron chi connectivity index (χ3n) is 2.72. The first-order chi connectivity index (χ1) is 9.11. The van der Waals surface area contributed by atoms with Gasteiger partial charge in [0.2, 0.25) is 5.78 Å². The van der Waals surface area contributed by atoms with Crippen molar-refractivity contribution in [1.29, 1.82) is 5.26 Å². The minimum atomic E-state index is -0.357. The Hall–Kier alpha value is -2.67. The fourth-order valence-corrected chi connectivity index (χ4v) is 1.71. The summed E-state index contributed by atoms with van der Waals surface area (Å²) in [5.41, 5.74) is 1.07. The number of hydrogen-bond donors (Lipinski definition) is 0. The van der Waals surface area contributed by atoms with E-state index >= 15 is 0 Å². The largest absolute Gasteiger partial charge is 0.348 e. The van der Waals surface area contributed by atoms with Crippen molar-refractivity contribution < 1.29 is 9.18 Å². The van der Waals surface area contributed by atoms with Crippen molar-refractivity contribution in [2.45, 2.75) is 0 Å². The number of Topliss-reactive ketones (excluding diaryl/α,β-unsaturated/α-hetero) is 1. The summed E-state index contributed by atoms with van der Waals surface area (Å²) in [7, 11) is 1.74. The Kier molecular flexibility index (Phi) is 3.58. The van der Waals surface area contributed by atoms with Gasteiger partial charge in [-0.05, 0) is 35.9 Å². The monoisotopic (exact) mass is 254 g/mol. The topological polar surface area (TPSA) is 45.8 Å². The minimum absolute atomic E-state index is 0.0217. The van der Waals surface area contributed by atoms with E-state index in [0.29, 0.717) is 11.3 Å². The second kappa shape index (κ2) is 5.32. The van der Waals surface area contributed by atoms with E-state index in [1.807, 2.05) is 6.07 Å². The first-order valence-electron chi connectivity index (χ1n) is 5.65. The molecule has 2 rings (SSSR count). The number of rotatable bonds is 3. The highest BCUT2D eigenvalue weighted by Crippen LogP contribution is 2.13. The predicted molar refractivity (Wildman–Crippen MR) is 69.7 cm³/mol. The Morgan fingerprint density at radius 2 is 2.00 bits per heavy atom. The zero-order valence-corrected chi connectivity index (χ0v) is 10.3. The SMILES string of the molecule is Cn1cccc1C(=O)C(C#N)=Cc1ccc(F)cc1. The van der Waals surface area contributed by atoms with Crippen LogP contribution in [-0.4, -0.2) is 10.4 Å². The van der Waals surface area contributed by atoms with Crippen LogP contribution in [0.2, 0.25) is 0 Å². The molecule has 4 heteroatoms. The summed E-state index contributed by atoms with van der Waals surface area (Å²) in [6.45, 7) is 0. The van der Waals surface area contributed by atoms with Crippen LogP contribution < -0.4 is 0 Å². The van der Waals surface area contributed by atoms with Crippen LogP contribution in [0.5, 0.6) is 0 Å². The molecule has 0 spiro atoms. The molecule has 0 bridgehead atoms. The Morgan fingerprint density at radius 1 is 1.32 bits per heavy atom. The highest BCUT2D eigenvalue weighted by molar-refractivity contribution is 6.13. The molecular weight excluding hydrogens is 243 g/mol. The van der Waals surface area contributed by atoms with Crippen LogP contribution in [0.4, 0.5) is 4.39 Å². The number of aromatic nitrogens is 1. The molecular formula is C15H11FN2O. The maximum absolute atomic E-state index is 12.8. The molecule has 0 fully saturated rings. The van der Waals surface area contributed by atoms with Gasteiger partial charge in [0.1, 0.15) is 17.5 Å². The molecule has 0 saturated heterocycles. The standard InChI is InChI=1S/C15H11FN2O/c1-18-8-2-3-14(18)15(19)12(10-17)9-11-4-6-13(16)7-5-11/h2-9H,1H3. The lowest BCUT2D eigenvalue weighted by Gasteiger charge is -2.01. The molecule has 0 N–H and O–H groups in total. The smallest absolute Gasteiger partial charge is 0.219 e. The van der Waals surface area contributed by atoms with Gasteiger partial charge in [-0.15, -0.1) is 0 Å². The number of carbonyl (C=O) groups is 1. The van der Waals surface area contributed by atoms with Crippen molar-refractivity contribution in [3.63, 3.8) is 0 Å². The van der Waals surface area contributed by atoms with Crippen LogP contribution in [0.3, 0.4) is 0 Å². The van der Waals surface area contributed by atoms with Crippen molar-refractivity contribution >= 4 is 11.9 Å². The number of nitriles is 1. The molecule has 0 aliphatic rings. The van der Waals surface area contributed by atoms with Crippen LogP contribution in [0.1, 0.15) is 16.1 Å². The maximum atomic E-state index is 12.8. The molecule has 1 aromatic heterocycles. The average molecular weight is 254 g/mol. The number of hydrogen-bond acceptors (Lipinski definition) is 2. The minimum Gasteiger partial charge on any atom is -0.348 e. The van der Waals surface area contributed by atoms with Gasteiger partial charge in [-0.25, -0.2) is 4.39 Å². The van der Waals surface area contributed by atoms with Crippen LogP contribution in [0.25, 0.3) is 6.08 Å². The lowest BCUT2D eigenvalue weighted by Crippen LogP contribution is -2.07. The fourth-order valence-electron chi connectivity index (χ4n) is 1.71. The summed E-state index contributed by atoms with van der Waals surface area (Å²) in [6, 6.07) is 10.9. The van der Waals surface area contributed by atoms with Crippen LogP contribution >= 0.6 is 0 Å². The van der Waals surface area contributed by atoms with Crippen molar-refractivity contribution in [3.8, 4) is 6.07 Å². The second-order valence-corrected chi connectivity index (χ2v) is 4.05. The molecule has 0 atom stereocenters. The summed E-state index contributed by atoms with van der Waals surface area (Å²) in [6.07, 6.45) is 3.19. The van der Waals surface area contributed by atoms with Gasteiger partial charge in [0.15, 0.2) is 0 Å². The van der Waals surface area contributed by atoms with Gasteiger partial charge in [-0.2, -0.15) is 5.26 Å². The highest BCUT2D eigenvalue weighted by Gasteiger charge is 2.14. The summed E-state index contributed by atoms with van der Waals surface area (Å²) in [5, 5.41) is 9.08. The van der Waals surface area contributed by atoms with Crippen molar-refractivity contribution in [1.82, 2.24) is 4.57 Å². The molecule has 0 aliphatic carbocycles. The molecule has 2 aromatic rings. The number of benzene rings is 1. The third-order valence-corrected chi connectivity index (χ3v) is 2.72. The summed E-state index contributed by atoms with van der Waals surface area (Å²) in [5.74, 6) is -0.705. The molecule has 1 aromatic carbocycles. The zero-order chi connectivity index (χ0) is 13.8. The number of nitrogens with zero attached hydrogens (tertiary/aromatic N) is 2. The highest BCUT2D eigenvalue weighted by atomic mass is 19.1. The molecule has 19 heavy (non-hydrogen) atoms. The predicted octanol–water partition coefficient (Wildman–Crippen LogP) is 2.95. The molecule has 0 saturated carbocycles. The van der Waals surface area contributed by atoms with Gasteiger partial charge in [0, 0.05) is 13.2 Å². The third kappa shape index (κ3) is 2.78. The number of ketones is 1. The Balaban J connectivity index is 2.36. The van der Waals surface area contributed by atoms with Gasteiger partial charge < -0.3 is 4.57 Å². The van der Waals surface area contributed by atoms with Crippen molar-refractivity contribution in [2.75, 3.05) is 0 Å². The molecule has 94 valence electrons. The number of carbonyl (C=O) groups excluding carboxylic acids is 1. The number of allylic oxidation sites excluding steroid dienone is 1. The van der Waals surface area contributed by atoms with E-state index in [2.05, 4.69) is 0 Å². The van der Waals surface area contributed by atoms with E-state index in [-0.39, 0.29) is 17.2 Å². The van der Waals surface area contributed by atoms with Crippen LogP contribution in [-0.2, 0) is 7.05 Å². The number of halogens is 1. The summed E-state index contributed by atoms with van der Waals surface area (Å²) in [4.78, 5) is 12.1. The quantitative estimate of drug-likeness (QED) is 0.480. The van der Waals surface area contributed by atoms with Gasteiger partial charge >= 0.3 is 0 Å². The molecule has 0 radical (unpaired) electrons. The molecule has 1 heterocycles. The second-order valence-electron chi connectivity index (χ2n) is 4.05. The van der Waals surface area contributed by atoms with E-state index in [1.54, 1.807) is 29.9 Å². The van der Waals surface area contributed by atoms with E-state index in [4.69, 9.17) is 5.26 Å². The zero-order valence-electron chi connectivity index (χ0n) is 10.3. The molecule has 0 aliphatic heterocycles. The lowest BCUT2D eigenvalue weighted by atomic mass is 10.1. The molecule has 0 amide bonds. The first kappa shape index (κ1) is 12.8. The Labute approximate surface area is 110 Å². The van der Waals surface area contributed by atoms with E-state index in [9.17, 15) is 9.18 Å². The van der Waals surface area contributed by atoms with Gasteiger partial charge in [-0.3, -0.25) is 4.79 Å². The maximum Gasteiger partial charge on any atom is 0.219 e. The normalized spacial score (nSPS) is 11.1. The summed E-state index contributed by atoms with van der Waals surface area (Å²) < 4.78 is 14.4. The van der Waals surface area contributed by atoms with E-state index in [1.165, 1.54) is 30.3 Å². The van der Waals surface area contributed by atoms with E-state index < -0.39 is 0 Å². The van der Waals surface area contributed by atoms with Gasteiger partial charge in [-0.1, -0.05) is 12.1 Å². The molecule has 0 unspecified atom stereocenters. The average Bonchev–Trinajstić information content (AvgIpc) is 2.83. The fraction of sp³-hybridized carbons (Fsp3) is 0.0667. The molecule has 3 nitrogen and oxygen atoms in total. The van der Waals surface area contributed by atoms with Crippen molar-refractivity contribution in [3.05, 3.63) is 65.2 Å². The Bertz CT molecular complexity index is 675. The Morgan fingerprint density at radius 3 is 2.53 bits per heavy atom. The van der Waals surface area contributed by atoms with Gasteiger partial charge in [0.25, 0.3) is 0 Å². The van der Waals surface area contributed by atoms with E-state index in [0.717, 1.165) is 0 Å². The van der Waals surface area contributed by atoms with Crippen molar-refractivity contribution in [2.24, 2.45) is 7.05 Å². The van der Waals surface area contributed by atoms with Gasteiger partial charge in [0.05, 0.1) is 5.69 Å². The summed E-state index contributed by atoms with van der Waals surface area (Å²) >= 11 is 0. The first-order valence-corrected chi connectivity index (χ1v) is 5.65.